The fourth-order valence-corrected chi connectivity index (χ4v) is 4.59. The Hall–Kier alpha value is -2.01. The Morgan fingerprint density at radius 3 is 2.46 bits per heavy atom. The van der Waals surface area contributed by atoms with Crippen LogP contribution in [0, 0.1) is 0 Å². The predicted molar refractivity (Wildman–Crippen MR) is 110 cm³/mol. The highest BCUT2D eigenvalue weighted by atomic mass is 79.9. The minimum absolute atomic E-state index is 0.177. The number of amides is 1. The van der Waals surface area contributed by atoms with E-state index in [0.717, 1.165) is 10.2 Å². The van der Waals surface area contributed by atoms with Crippen LogP contribution in [0.1, 0.15) is 5.69 Å². The molecule has 1 saturated heterocycles. The largest absolute Gasteiger partial charge is 0.350 e. The summed E-state index contributed by atoms with van der Waals surface area (Å²) in [7, 11) is -1.62. The van der Waals surface area contributed by atoms with Crippen molar-refractivity contribution in [2.24, 2.45) is 12.1 Å². The topological polar surface area (TPSA) is 87.0 Å². The lowest BCUT2D eigenvalue weighted by atomic mass is 10.3. The fourth-order valence-electron chi connectivity index (χ4n) is 2.90. The van der Waals surface area contributed by atoms with Crippen LogP contribution in [0.4, 0.5) is 0 Å². The summed E-state index contributed by atoms with van der Waals surface area (Å²) in [4.78, 5) is 14.2. The molecule has 150 valence electrons. The van der Waals surface area contributed by atoms with Gasteiger partial charge in [0.1, 0.15) is 0 Å². The number of nitrogens with zero attached hydrogens (tertiary/aromatic N) is 4. The summed E-state index contributed by atoms with van der Waals surface area (Å²) in [5, 5.41) is 3.96. The standard InChI is InChI=1S/C18H22BrN5O3S/c1-22-8-2-3-16(22)13-20-21-18(25)14-23-9-11-24(12-10-23)28(26,27)17-6-4-15(19)5-7-17/h2-8,13H,9-12,14H2,1H3,(H,21,25). The molecule has 1 fully saturated rings. The average Bonchev–Trinajstić information content (AvgIpc) is 3.07. The fraction of sp³-hybridized carbons (Fsp3) is 0.333. The molecule has 0 atom stereocenters. The molecule has 0 spiro atoms. The summed E-state index contributed by atoms with van der Waals surface area (Å²) in [5.74, 6) is -0.227. The van der Waals surface area contributed by atoms with Crippen LogP contribution < -0.4 is 5.43 Å². The highest BCUT2D eigenvalue weighted by Gasteiger charge is 2.28. The number of hydrogen-bond acceptors (Lipinski definition) is 5. The molecule has 2 aromatic rings. The number of rotatable bonds is 6. The van der Waals surface area contributed by atoms with Gasteiger partial charge in [-0.3, -0.25) is 9.69 Å². The van der Waals surface area contributed by atoms with E-state index in [1.807, 2.05) is 34.8 Å². The van der Waals surface area contributed by atoms with Crippen molar-refractivity contribution in [2.75, 3.05) is 32.7 Å². The van der Waals surface area contributed by atoms with E-state index in [4.69, 9.17) is 0 Å². The Kier molecular flexibility index (Phi) is 6.65. The van der Waals surface area contributed by atoms with Gasteiger partial charge in [-0.05, 0) is 36.4 Å². The quantitative estimate of drug-likeness (QED) is 0.511. The van der Waals surface area contributed by atoms with Crippen molar-refractivity contribution in [3.63, 3.8) is 0 Å². The van der Waals surface area contributed by atoms with Crippen LogP contribution in [0.2, 0.25) is 0 Å². The van der Waals surface area contributed by atoms with E-state index in [-0.39, 0.29) is 17.3 Å². The molecule has 0 aliphatic carbocycles. The number of halogens is 1. The van der Waals surface area contributed by atoms with E-state index in [1.54, 1.807) is 30.5 Å². The van der Waals surface area contributed by atoms with Crippen molar-refractivity contribution in [1.82, 2.24) is 19.2 Å². The molecular weight excluding hydrogens is 446 g/mol. The van der Waals surface area contributed by atoms with Gasteiger partial charge in [-0.15, -0.1) is 0 Å². The van der Waals surface area contributed by atoms with E-state index in [9.17, 15) is 13.2 Å². The van der Waals surface area contributed by atoms with Crippen molar-refractivity contribution in [2.45, 2.75) is 4.90 Å². The van der Waals surface area contributed by atoms with Gasteiger partial charge < -0.3 is 4.57 Å². The number of aromatic nitrogens is 1. The molecule has 0 saturated carbocycles. The zero-order chi connectivity index (χ0) is 20.1. The number of benzene rings is 1. The first-order chi connectivity index (χ1) is 13.4. The Morgan fingerprint density at radius 1 is 1.18 bits per heavy atom. The van der Waals surface area contributed by atoms with Gasteiger partial charge in [0, 0.05) is 43.9 Å². The SMILES string of the molecule is Cn1cccc1C=NNC(=O)CN1CCN(S(=O)(=O)c2ccc(Br)cc2)CC1. The number of hydrogen-bond donors (Lipinski definition) is 1. The molecule has 28 heavy (non-hydrogen) atoms. The molecule has 10 heteroatoms. The lowest BCUT2D eigenvalue weighted by molar-refractivity contribution is -0.122. The highest BCUT2D eigenvalue weighted by Crippen LogP contribution is 2.20. The number of aryl methyl sites for hydroxylation is 1. The first-order valence-corrected chi connectivity index (χ1v) is 11.0. The van der Waals surface area contributed by atoms with E-state index in [1.165, 1.54) is 4.31 Å². The summed E-state index contributed by atoms with van der Waals surface area (Å²) in [6, 6.07) is 10.4. The van der Waals surface area contributed by atoms with Crippen molar-refractivity contribution in [3.05, 3.63) is 52.8 Å². The van der Waals surface area contributed by atoms with Gasteiger partial charge in [-0.25, -0.2) is 13.8 Å². The molecule has 0 unspecified atom stereocenters. The summed E-state index contributed by atoms with van der Waals surface area (Å²) < 4.78 is 29.6. The third kappa shape index (κ3) is 5.07. The average molecular weight is 468 g/mol. The lowest BCUT2D eigenvalue weighted by Crippen LogP contribution is -2.50. The minimum Gasteiger partial charge on any atom is -0.350 e. The molecule has 3 rings (SSSR count). The Bertz CT molecular complexity index is 948. The smallest absolute Gasteiger partial charge is 0.254 e. The second-order valence-electron chi connectivity index (χ2n) is 6.47. The second-order valence-corrected chi connectivity index (χ2v) is 9.32. The Balaban J connectivity index is 1.48. The van der Waals surface area contributed by atoms with Crippen molar-refractivity contribution in [1.29, 1.82) is 0 Å². The number of sulfonamides is 1. The molecule has 0 bridgehead atoms. The monoisotopic (exact) mass is 467 g/mol. The van der Waals surface area contributed by atoms with Gasteiger partial charge in [0.25, 0.3) is 5.91 Å². The van der Waals surface area contributed by atoms with Gasteiger partial charge in [0.15, 0.2) is 0 Å². The van der Waals surface area contributed by atoms with Gasteiger partial charge >= 0.3 is 0 Å². The van der Waals surface area contributed by atoms with Crippen molar-refractivity contribution in [3.8, 4) is 0 Å². The molecular formula is C18H22BrN5O3S. The van der Waals surface area contributed by atoms with E-state index < -0.39 is 10.0 Å². The number of nitrogens with one attached hydrogen (secondary N) is 1. The zero-order valence-electron chi connectivity index (χ0n) is 15.5. The number of carbonyl (C=O) groups is 1. The summed E-state index contributed by atoms with van der Waals surface area (Å²) in [5.41, 5.74) is 3.39. The van der Waals surface area contributed by atoms with Gasteiger partial charge in [0.2, 0.25) is 10.0 Å². The highest BCUT2D eigenvalue weighted by molar-refractivity contribution is 9.10. The van der Waals surface area contributed by atoms with Crippen molar-refractivity contribution >= 4 is 38.1 Å². The molecule has 8 nitrogen and oxygen atoms in total. The molecule has 1 aliphatic heterocycles. The van der Waals surface area contributed by atoms with E-state index in [2.05, 4.69) is 26.5 Å². The Morgan fingerprint density at radius 2 is 1.86 bits per heavy atom. The van der Waals surface area contributed by atoms with Crippen LogP contribution in [0.25, 0.3) is 0 Å². The summed E-state index contributed by atoms with van der Waals surface area (Å²) in [6.07, 6.45) is 3.48. The second kappa shape index (κ2) is 8.99. The minimum atomic E-state index is -3.51. The predicted octanol–water partition coefficient (Wildman–Crippen LogP) is 1.24. The lowest BCUT2D eigenvalue weighted by Gasteiger charge is -2.33. The normalized spacial score (nSPS) is 16.5. The third-order valence-electron chi connectivity index (χ3n) is 4.52. The van der Waals surface area contributed by atoms with Crippen LogP contribution in [0.5, 0.6) is 0 Å². The van der Waals surface area contributed by atoms with Gasteiger partial charge in [0.05, 0.1) is 23.3 Å². The first kappa shape index (κ1) is 20.7. The van der Waals surface area contributed by atoms with Crippen LogP contribution in [-0.4, -0.2) is 67.0 Å². The molecule has 0 radical (unpaired) electrons. The zero-order valence-corrected chi connectivity index (χ0v) is 17.9. The Labute approximate surface area is 173 Å². The maximum absolute atomic E-state index is 12.7. The number of piperazine rings is 1. The van der Waals surface area contributed by atoms with Gasteiger partial charge in [-0.1, -0.05) is 15.9 Å². The van der Waals surface area contributed by atoms with E-state index in [0.29, 0.717) is 26.2 Å². The molecule has 1 aromatic heterocycles. The van der Waals surface area contributed by atoms with Gasteiger partial charge in [-0.2, -0.15) is 9.41 Å². The van der Waals surface area contributed by atoms with Crippen molar-refractivity contribution < 1.29 is 13.2 Å². The molecule has 1 aliphatic rings. The van der Waals surface area contributed by atoms with Crippen LogP contribution in [-0.2, 0) is 21.9 Å². The molecule has 2 heterocycles. The molecule has 1 amide bonds. The summed E-state index contributed by atoms with van der Waals surface area (Å²) >= 11 is 3.31. The summed E-state index contributed by atoms with van der Waals surface area (Å²) in [6.45, 7) is 1.85. The number of carbonyl (C=O) groups excluding carboxylic acids is 1. The van der Waals surface area contributed by atoms with Crippen LogP contribution >= 0.6 is 15.9 Å². The first-order valence-electron chi connectivity index (χ1n) is 8.77. The third-order valence-corrected chi connectivity index (χ3v) is 6.96. The maximum Gasteiger partial charge on any atom is 0.254 e. The maximum atomic E-state index is 12.7. The van der Waals surface area contributed by atoms with Crippen LogP contribution in [0.3, 0.4) is 0 Å². The molecule has 1 aromatic carbocycles. The van der Waals surface area contributed by atoms with E-state index >= 15 is 0 Å². The van der Waals surface area contributed by atoms with Crippen LogP contribution in [0.15, 0.2) is 57.1 Å². The number of hydrazone groups is 1. The molecule has 1 N–H and O–H groups in total.